The van der Waals surface area contributed by atoms with Gasteiger partial charge in [-0.1, -0.05) is 23.2 Å². The van der Waals surface area contributed by atoms with E-state index >= 15 is 0 Å². The van der Waals surface area contributed by atoms with E-state index in [-0.39, 0.29) is 4.96 Å². The van der Waals surface area contributed by atoms with Crippen LogP contribution in [0.25, 0.3) is 0 Å². The van der Waals surface area contributed by atoms with Crippen LogP contribution in [0.1, 0.15) is 0 Å². The predicted molar refractivity (Wildman–Crippen MR) is 37.9 cm³/mol. The molecule has 0 N–H and O–H groups in total. The molecule has 9 heavy (non-hydrogen) atoms. The molecule has 4 heteroatoms. The zero-order chi connectivity index (χ0) is 6.69. The van der Waals surface area contributed by atoms with Crippen LogP contribution in [-0.2, 0) is 4.74 Å². The topological polar surface area (TPSA) is 12.5 Å². The van der Waals surface area contributed by atoms with Gasteiger partial charge in [0.05, 0.1) is 13.2 Å². The summed E-state index contributed by atoms with van der Waals surface area (Å²) in [4.78, 5) is 1.60. The molecule has 1 saturated heterocycles. The lowest BCUT2D eigenvalue weighted by Crippen LogP contribution is -2.38. The number of rotatable bonds is 1. The zero-order valence-corrected chi connectivity index (χ0v) is 6.53. The minimum atomic E-state index is -0.367. The maximum Gasteiger partial charge on any atom is 0.160 e. The van der Waals surface area contributed by atoms with Crippen molar-refractivity contribution in [1.29, 1.82) is 0 Å². The molecule has 1 aliphatic heterocycles. The van der Waals surface area contributed by atoms with Gasteiger partial charge in [-0.25, -0.2) is 0 Å². The summed E-state index contributed by atoms with van der Waals surface area (Å²) in [6.07, 6.45) is 0. The average Bonchev–Trinajstić information content (AvgIpc) is 1.90. The minimum absolute atomic E-state index is 0.367. The first-order valence-electron chi connectivity index (χ1n) is 2.90. The predicted octanol–water partition coefficient (Wildman–Crippen LogP) is 1.08. The Kier molecular flexibility index (Phi) is 3.06. The molecule has 0 atom stereocenters. The van der Waals surface area contributed by atoms with E-state index in [0.29, 0.717) is 0 Å². The van der Waals surface area contributed by atoms with E-state index in [1.165, 1.54) is 0 Å². The quantitative estimate of drug-likeness (QED) is 0.431. The van der Waals surface area contributed by atoms with Crippen LogP contribution in [0.3, 0.4) is 0 Å². The second kappa shape index (κ2) is 3.62. The molecule has 0 aliphatic carbocycles. The number of morpholine rings is 1. The van der Waals surface area contributed by atoms with Gasteiger partial charge in [-0.2, -0.15) is 0 Å². The first-order chi connectivity index (χ1) is 4.30. The van der Waals surface area contributed by atoms with Crippen LogP contribution in [0.4, 0.5) is 0 Å². The summed E-state index contributed by atoms with van der Waals surface area (Å²) in [6, 6.07) is 0. The molecule has 2 nitrogen and oxygen atoms in total. The molecular formula is C5H9Cl2NO. The molecular weight excluding hydrogens is 161 g/mol. The second-order valence-corrected chi connectivity index (χ2v) is 2.98. The molecule has 0 aromatic heterocycles. The molecule has 0 aromatic carbocycles. The fraction of sp³-hybridized carbons (Fsp3) is 1.00. The van der Waals surface area contributed by atoms with Crippen LogP contribution >= 0.6 is 23.2 Å². The smallest absolute Gasteiger partial charge is 0.160 e. The summed E-state index contributed by atoms with van der Waals surface area (Å²) in [6.45, 7) is 3.18. The third kappa shape index (κ3) is 2.30. The van der Waals surface area contributed by atoms with Gasteiger partial charge in [0.2, 0.25) is 0 Å². The Labute approximate surface area is 64.7 Å². The van der Waals surface area contributed by atoms with Crippen molar-refractivity contribution in [2.75, 3.05) is 26.3 Å². The molecule has 1 fully saturated rings. The molecule has 1 heterocycles. The lowest BCUT2D eigenvalue weighted by molar-refractivity contribution is 0.0416. The Morgan fingerprint density at radius 1 is 1.22 bits per heavy atom. The third-order valence-corrected chi connectivity index (χ3v) is 1.87. The van der Waals surface area contributed by atoms with Gasteiger partial charge in [0.1, 0.15) is 0 Å². The van der Waals surface area contributed by atoms with Crippen LogP contribution in [-0.4, -0.2) is 36.2 Å². The largest absolute Gasteiger partial charge is 0.379 e. The van der Waals surface area contributed by atoms with E-state index < -0.39 is 0 Å². The Balaban J connectivity index is 2.23. The van der Waals surface area contributed by atoms with Gasteiger partial charge in [0, 0.05) is 13.1 Å². The first-order valence-corrected chi connectivity index (χ1v) is 3.78. The second-order valence-electron chi connectivity index (χ2n) is 1.93. The van der Waals surface area contributed by atoms with E-state index in [0.717, 1.165) is 26.3 Å². The Morgan fingerprint density at radius 3 is 2.11 bits per heavy atom. The van der Waals surface area contributed by atoms with Crippen molar-refractivity contribution >= 4 is 23.2 Å². The molecule has 1 aliphatic rings. The average molecular weight is 170 g/mol. The number of hydrogen-bond acceptors (Lipinski definition) is 2. The number of alkyl halides is 2. The van der Waals surface area contributed by atoms with Crippen LogP contribution in [0.15, 0.2) is 0 Å². The number of ether oxygens (including phenoxy) is 1. The van der Waals surface area contributed by atoms with E-state index in [2.05, 4.69) is 0 Å². The van der Waals surface area contributed by atoms with Crippen molar-refractivity contribution in [2.45, 2.75) is 4.96 Å². The van der Waals surface area contributed by atoms with Crippen molar-refractivity contribution in [2.24, 2.45) is 0 Å². The van der Waals surface area contributed by atoms with Crippen molar-refractivity contribution in [1.82, 2.24) is 4.90 Å². The fourth-order valence-corrected chi connectivity index (χ4v) is 1.16. The highest BCUT2D eigenvalue weighted by Gasteiger charge is 2.15. The molecule has 0 aromatic rings. The van der Waals surface area contributed by atoms with Gasteiger partial charge in [-0.05, 0) is 0 Å². The summed E-state index contributed by atoms with van der Waals surface area (Å²) in [5, 5.41) is 0. The maximum absolute atomic E-state index is 5.59. The van der Waals surface area contributed by atoms with E-state index in [4.69, 9.17) is 27.9 Å². The summed E-state index contributed by atoms with van der Waals surface area (Å²) in [5.74, 6) is 0. The van der Waals surface area contributed by atoms with E-state index in [9.17, 15) is 0 Å². The van der Waals surface area contributed by atoms with Crippen LogP contribution < -0.4 is 0 Å². The van der Waals surface area contributed by atoms with Gasteiger partial charge >= 0.3 is 0 Å². The normalized spacial score (nSPS) is 23.0. The molecule has 0 radical (unpaired) electrons. The number of halogens is 2. The van der Waals surface area contributed by atoms with Crippen LogP contribution in [0.5, 0.6) is 0 Å². The van der Waals surface area contributed by atoms with E-state index in [1.807, 2.05) is 4.90 Å². The van der Waals surface area contributed by atoms with Crippen molar-refractivity contribution in [3.05, 3.63) is 0 Å². The zero-order valence-electron chi connectivity index (χ0n) is 5.02. The highest BCUT2D eigenvalue weighted by atomic mass is 35.5. The van der Waals surface area contributed by atoms with Gasteiger partial charge in [0.25, 0.3) is 0 Å². The Hall–Kier alpha value is 0.500. The third-order valence-electron chi connectivity index (χ3n) is 1.32. The fourth-order valence-electron chi connectivity index (χ4n) is 0.773. The molecule has 0 saturated carbocycles. The molecule has 0 unspecified atom stereocenters. The SMILES string of the molecule is ClC(Cl)N1CCOCC1. The summed E-state index contributed by atoms with van der Waals surface area (Å²) in [5.41, 5.74) is 0. The van der Waals surface area contributed by atoms with Crippen molar-refractivity contribution in [3.8, 4) is 0 Å². The molecule has 1 rings (SSSR count). The highest BCUT2D eigenvalue weighted by molar-refractivity contribution is 6.43. The van der Waals surface area contributed by atoms with Gasteiger partial charge in [-0.3, -0.25) is 4.90 Å². The van der Waals surface area contributed by atoms with Gasteiger partial charge < -0.3 is 4.74 Å². The van der Waals surface area contributed by atoms with Gasteiger partial charge in [0.15, 0.2) is 4.96 Å². The lowest BCUT2D eigenvalue weighted by atomic mass is 10.5. The molecule has 54 valence electrons. The molecule has 0 spiro atoms. The Morgan fingerprint density at radius 2 is 1.78 bits per heavy atom. The maximum atomic E-state index is 5.59. The summed E-state index contributed by atoms with van der Waals surface area (Å²) >= 11 is 11.2. The summed E-state index contributed by atoms with van der Waals surface area (Å²) < 4.78 is 5.09. The summed E-state index contributed by atoms with van der Waals surface area (Å²) in [7, 11) is 0. The van der Waals surface area contributed by atoms with Crippen molar-refractivity contribution < 1.29 is 4.74 Å². The standard InChI is InChI=1S/C5H9Cl2NO/c6-5(7)8-1-3-9-4-2-8/h5H,1-4H2. The highest BCUT2D eigenvalue weighted by Crippen LogP contribution is 2.10. The van der Waals surface area contributed by atoms with Crippen molar-refractivity contribution in [3.63, 3.8) is 0 Å². The number of hydrogen-bond donors (Lipinski definition) is 0. The van der Waals surface area contributed by atoms with Crippen LogP contribution in [0.2, 0.25) is 0 Å². The minimum Gasteiger partial charge on any atom is -0.379 e. The Bertz CT molecular complexity index is 83.0. The van der Waals surface area contributed by atoms with E-state index in [1.54, 1.807) is 0 Å². The van der Waals surface area contributed by atoms with Crippen LogP contribution in [0, 0.1) is 0 Å². The number of nitrogens with zero attached hydrogens (tertiary/aromatic N) is 1. The molecule has 0 amide bonds. The van der Waals surface area contributed by atoms with Gasteiger partial charge in [-0.15, -0.1) is 0 Å². The lowest BCUT2D eigenvalue weighted by Gasteiger charge is -2.26. The molecule has 0 bridgehead atoms. The monoisotopic (exact) mass is 169 g/mol. The first kappa shape index (κ1) is 7.61.